The molecule has 0 unspecified atom stereocenters. The molecule has 0 saturated carbocycles. The Morgan fingerprint density at radius 1 is 1.22 bits per heavy atom. The molecule has 120 valence electrons. The quantitative estimate of drug-likeness (QED) is 0.694. The minimum atomic E-state index is -1.89. The Morgan fingerprint density at radius 3 is 2.52 bits per heavy atom. The Hall–Kier alpha value is -2.58. The molecule has 2 aromatic rings. The van der Waals surface area contributed by atoms with Crippen LogP contribution in [0.5, 0.6) is 11.5 Å². The Kier molecular flexibility index (Phi) is 5.56. The van der Waals surface area contributed by atoms with Gasteiger partial charge in [0.1, 0.15) is 17.3 Å². The van der Waals surface area contributed by atoms with Gasteiger partial charge in [-0.3, -0.25) is 4.79 Å². The van der Waals surface area contributed by atoms with Crippen molar-refractivity contribution >= 4 is 13.2 Å². The Bertz CT molecular complexity index is 678. The third kappa shape index (κ3) is 4.70. The van der Waals surface area contributed by atoms with Crippen molar-refractivity contribution in [3.05, 3.63) is 59.4 Å². The van der Waals surface area contributed by atoms with Crippen molar-refractivity contribution in [1.29, 1.82) is 0 Å². The van der Waals surface area contributed by atoms with Gasteiger partial charge in [-0.05, 0) is 35.9 Å². The van der Waals surface area contributed by atoms with E-state index < -0.39 is 19.0 Å². The molecule has 0 aromatic heterocycles. The van der Waals surface area contributed by atoms with Gasteiger partial charge in [0.15, 0.2) is 0 Å². The number of hydrogen-bond donors (Lipinski definition) is 3. The molecule has 0 aliphatic heterocycles. The zero-order chi connectivity index (χ0) is 16.8. The highest BCUT2D eigenvalue weighted by Gasteiger charge is 2.13. The SMILES string of the molecule is COc1ccc(F)cc1C(=O)NCc1ccc(OB(O)O)cc1. The summed E-state index contributed by atoms with van der Waals surface area (Å²) in [7, 11) is -0.487. The van der Waals surface area contributed by atoms with E-state index in [1.807, 2.05) is 0 Å². The van der Waals surface area contributed by atoms with Gasteiger partial charge < -0.3 is 24.8 Å². The summed E-state index contributed by atoms with van der Waals surface area (Å²) in [6.07, 6.45) is 0. The molecule has 8 heteroatoms. The van der Waals surface area contributed by atoms with Gasteiger partial charge in [0.25, 0.3) is 5.91 Å². The Labute approximate surface area is 132 Å². The summed E-state index contributed by atoms with van der Waals surface area (Å²) >= 11 is 0. The van der Waals surface area contributed by atoms with E-state index in [2.05, 4.69) is 9.97 Å². The van der Waals surface area contributed by atoms with Gasteiger partial charge in [0, 0.05) is 6.54 Å². The number of methoxy groups -OCH3 is 1. The van der Waals surface area contributed by atoms with Crippen molar-refractivity contribution in [3.8, 4) is 11.5 Å². The van der Waals surface area contributed by atoms with Crippen LogP contribution in [0.1, 0.15) is 15.9 Å². The van der Waals surface area contributed by atoms with E-state index in [-0.39, 0.29) is 23.6 Å². The highest BCUT2D eigenvalue weighted by atomic mass is 19.1. The standard InChI is InChI=1S/C15H15BFNO5/c1-22-14-7-4-11(17)8-13(14)15(19)18-9-10-2-5-12(6-3-10)23-16(20)21/h2-8,20-21H,9H2,1H3,(H,18,19). The molecule has 6 nitrogen and oxygen atoms in total. The van der Waals surface area contributed by atoms with E-state index in [1.54, 1.807) is 12.1 Å². The molecule has 0 fully saturated rings. The first-order chi connectivity index (χ1) is 11.0. The fraction of sp³-hybridized carbons (Fsp3) is 0.133. The fourth-order valence-corrected chi connectivity index (χ4v) is 1.94. The molecule has 23 heavy (non-hydrogen) atoms. The van der Waals surface area contributed by atoms with E-state index in [4.69, 9.17) is 14.8 Å². The van der Waals surface area contributed by atoms with Gasteiger partial charge in [-0.25, -0.2) is 4.39 Å². The van der Waals surface area contributed by atoms with Crippen LogP contribution < -0.4 is 14.7 Å². The van der Waals surface area contributed by atoms with E-state index in [0.717, 1.165) is 11.6 Å². The number of benzene rings is 2. The predicted octanol–water partition coefficient (Wildman–Crippen LogP) is 1.11. The molecule has 0 heterocycles. The molecule has 0 aliphatic rings. The van der Waals surface area contributed by atoms with Crippen LogP contribution in [0.3, 0.4) is 0 Å². The maximum absolute atomic E-state index is 13.3. The summed E-state index contributed by atoms with van der Waals surface area (Å²) in [5, 5.41) is 20.0. The van der Waals surface area contributed by atoms with Crippen LogP contribution in [0, 0.1) is 5.82 Å². The number of carbonyl (C=O) groups excluding carboxylic acids is 1. The first-order valence-electron chi connectivity index (χ1n) is 6.73. The molecule has 0 radical (unpaired) electrons. The topological polar surface area (TPSA) is 88.0 Å². The molecular weight excluding hydrogens is 304 g/mol. The summed E-state index contributed by atoms with van der Waals surface area (Å²) < 4.78 is 23.0. The summed E-state index contributed by atoms with van der Waals surface area (Å²) in [6.45, 7) is 0.209. The minimum absolute atomic E-state index is 0.107. The zero-order valence-electron chi connectivity index (χ0n) is 12.3. The molecule has 0 saturated heterocycles. The van der Waals surface area contributed by atoms with Crippen LogP contribution in [0.15, 0.2) is 42.5 Å². The second-order valence-corrected chi connectivity index (χ2v) is 4.62. The first kappa shape index (κ1) is 16.8. The lowest BCUT2D eigenvalue weighted by Crippen LogP contribution is -2.23. The average Bonchev–Trinajstić information content (AvgIpc) is 2.53. The number of nitrogens with one attached hydrogen (secondary N) is 1. The third-order valence-electron chi connectivity index (χ3n) is 3.02. The van der Waals surface area contributed by atoms with Crippen LogP contribution in [-0.2, 0) is 6.54 Å². The van der Waals surface area contributed by atoms with Gasteiger partial charge in [-0.2, -0.15) is 0 Å². The average molecular weight is 319 g/mol. The monoisotopic (exact) mass is 319 g/mol. The fourth-order valence-electron chi connectivity index (χ4n) is 1.94. The van der Waals surface area contributed by atoms with Crippen LogP contribution in [0.2, 0.25) is 0 Å². The second kappa shape index (κ2) is 7.62. The normalized spacial score (nSPS) is 10.1. The number of rotatable bonds is 6. The molecule has 0 bridgehead atoms. The van der Waals surface area contributed by atoms with Crippen molar-refractivity contribution in [1.82, 2.24) is 5.32 Å². The van der Waals surface area contributed by atoms with E-state index in [1.165, 1.54) is 31.4 Å². The number of amides is 1. The van der Waals surface area contributed by atoms with Crippen molar-refractivity contribution in [2.75, 3.05) is 7.11 Å². The lowest BCUT2D eigenvalue weighted by atomic mass is 10.1. The van der Waals surface area contributed by atoms with Gasteiger partial charge in [0.2, 0.25) is 0 Å². The summed E-state index contributed by atoms with van der Waals surface area (Å²) in [5.41, 5.74) is 0.865. The largest absolute Gasteiger partial charge is 0.707 e. The number of carbonyl (C=O) groups is 1. The van der Waals surface area contributed by atoms with Gasteiger partial charge >= 0.3 is 7.32 Å². The molecule has 1 amide bonds. The van der Waals surface area contributed by atoms with Gasteiger partial charge in [-0.15, -0.1) is 0 Å². The van der Waals surface area contributed by atoms with Crippen molar-refractivity contribution in [3.63, 3.8) is 0 Å². The number of halogens is 1. The number of ether oxygens (including phenoxy) is 1. The maximum atomic E-state index is 13.3. The molecule has 3 N–H and O–H groups in total. The van der Waals surface area contributed by atoms with Gasteiger partial charge in [-0.1, -0.05) is 12.1 Å². The second-order valence-electron chi connectivity index (χ2n) is 4.62. The van der Waals surface area contributed by atoms with E-state index in [9.17, 15) is 9.18 Å². The smallest absolute Gasteiger partial charge is 0.512 e. The van der Waals surface area contributed by atoms with Gasteiger partial charge in [0.05, 0.1) is 12.7 Å². The van der Waals surface area contributed by atoms with Crippen molar-refractivity contribution < 1.29 is 28.6 Å². The third-order valence-corrected chi connectivity index (χ3v) is 3.02. The minimum Gasteiger partial charge on any atom is -0.512 e. The molecule has 2 aromatic carbocycles. The highest BCUT2D eigenvalue weighted by Crippen LogP contribution is 2.19. The lowest BCUT2D eigenvalue weighted by molar-refractivity contribution is 0.0947. The molecule has 0 atom stereocenters. The molecule has 0 aliphatic carbocycles. The van der Waals surface area contributed by atoms with E-state index in [0.29, 0.717) is 0 Å². The zero-order valence-corrected chi connectivity index (χ0v) is 12.3. The van der Waals surface area contributed by atoms with Crippen LogP contribution in [0.4, 0.5) is 4.39 Å². The van der Waals surface area contributed by atoms with Crippen LogP contribution in [0.25, 0.3) is 0 Å². The molecule has 0 spiro atoms. The summed E-state index contributed by atoms with van der Waals surface area (Å²) in [5.74, 6) is -0.432. The van der Waals surface area contributed by atoms with Crippen molar-refractivity contribution in [2.24, 2.45) is 0 Å². The summed E-state index contributed by atoms with van der Waals surface area (Å²) in [6, 6.07) is 10.1. The first-order valence-corrected chi connectivity index (χ1v) is 6.73. The van der Waals surface area contributed by atoms with Crippen LogP contribution >= 0.6 is 0 Å². The van der Waals surface area contributed by atoms with E-state index >= 15 is 0 Å². The molecule has 2 rings (SSSR count). The highest BCUT2D eigenvalue weighted by molar-refractivity contribution is 6.33. The number of hydrogen-bond acceptors (Lipinski definition) is 5. The van der Waals surface area contributed by atoms with Crippen LogP contribution in [-0.4, -0.2) is 30.4 Å². The summed E-state index contributed by atoms with van der Waals surface area (Å²) in [4.78, 5) is 12.1. The lowest BCUT2D eigenvalue weighted by Gasteiger charge is -2.10. The van der Waals surface area contributed by atoms with Crippen molar-refractivity contribution in [2.45, 2.75) is 6.54 Å². The molecular formula is C15H15BFNO5. The Morgan fingerprint density at radius 2 is 1.91 bits per heavy atom. The predicted molar refractivity (Wildman–Crippen MR) is 81.4 cm³/mol. The maximum Gasteiger partial charge on any atom is 0.707 e. The Balaban J connectivity index is 2.00.